The van der Waals surface area contributed by atoms with E-state index in [0.29, 0.717) is 11.1 Å². The summed E-state index contributed by atoms with van der Waals surface area (Å²) in [4.78, 5) is 15.0. The predicted octanol–water partition coefficient (Wildman–Crippen LogP) is 1.48. The van der Waals surface area contributed by atoms with Crippen molar-refractivity contribution in [1.29, 1.82) is 0 Å². The molecule has 4 nitrogen and oxygen atoms in total. The van der Waals surface area contributed by atoms with Crippen LogP contribution in [-0.2, 0) is 14.6 Å². The zero-order valence-corrected chi connectivity index (χ0v) is 10.1. The number of rotatable bonds is 4. The van der Waals surface area contributed by atoms with Crippen LogP contribution in [0.25, 0.3) is 0 Å². The van der Waals surface area contributed by atoms with E-state index in [2.05, 4.69) is 4.98 Å². The van der Waals surface area contributed by atoms with Gasteiger partial charge in [-0.15, -0.1) is 0 Å². The van der Waals surface area contributed by atoms with Crippen LogP contribution in [0.2, 0.25) is 0 Å². The average molecular weight is 245 g/mol. The number of hydrogen-bond acceptors (Lipinski definition) is 5. The summed E-state index contributed by atoms with van der Waals surface area (Å²) >= 11 is 0. The van der Waals surface area contributed by atoms with Crippen LogP contribution in [0.4, 0.5) is 0 Å². The fourth-order valence-electron chi connectivity index (χ4n) is 1.04. The molecule has 0 bridgehead atoms. The van der Waals surface area contributed by atoms with Crippen molar-refractivity contribution in [1.82, 2.24) is 4.98 Å². The van der Waals surface area contributed by atoms with Gasteiger partial charge < -0.3 is 0 Å². The third-order valence-corrected chi connectivity index (χ3v) is 4.21. The second-order valence-electron chi connectivity index (χ2n) is 3.06. The highest BCUT2D eigenvalue weighted by Gasteiger charge is 2.10. The topological polar surface area (TPSA) is 64.1 Å². The SMILES string of the molecule is CC(=O)c1cnccc1CSS(C)(=O)=O. The van der Waals surface area contributed by atoms with Crippen LogP contribution in [0, 0.1) is 0 Å². The van der Waals surface area contributed by atoms with Crippen molar-refractivity contribution >= 4 is 25.4 Å². The molecule has 0 fully saturated rings. The highest BCUT2D eigenvalue weighted by molar-refractivity contribution is 8.71. The molecule has 0 unspecified atom stereocenters. The number of pyridine rings is 1. The molecule has 15 heavy (non-hydrogen) atoms. The van der Waals surface area contributed by atoms with Crippen molar-refractivity contribution in [3.63, 3.8) is 0 Å². The number of aromatic nitrogens is 1. The Bertz CT molecular complexity index is 468. The number of nitrogens with zero attached hydrogens (tertiary/aromatic N) is 1. The molecule has 0 saturated heterocycles. The smallest absolute Gasteiger partial charge is 0.199 e. The minimum atomic E-state index is -3.08. The molecule has 1 rings (SSSR count). The summed E-state index contributed by atoms with van der Waals surface area (Å²) in [7, 11) is -2.27. The van der Waals surface area contributed by atoms with Crippen molar-refractivity contribution in [3.05, 3.63) is 29.6 Å². The normalized spacial score (nSPS) is 11.3. The van der Waals surface area contributed by atoms with Gasteiger partial charge >= 0.3 is 0 Å². The summed E-state index contributed by atoms with van der Waals surface area (Å²) in [5.74, 6) is 0.170. The van der Waals surface area contributed by atoms with E-state index in [1.54, 1.807) is 12.3 Å². The van der Waals surface area contributed by atoms with Gasteiger partial charge in [-0.3, -0.25) is 9.78 Å². The van der Waals surface area contributed by atoms with Crippen LogP contribution in [0.5, 0.6) is 0 Å². The maximum absolute atomic E-state index is 11.2. The number of carbonyl (C=O) groups is 1. The fourth-order valence-corrected chi connectivity index (χ4v) is 2.65. The zero-order valence-electron chi connectivity index (χ0n) is 8.43. The molecule has 0 N–H and O–H groups in total. The Morgan fingerprint density at radius 1 is 1.53 bits per heavy atom. The standard InChI is InChI=1S/C9H11NO3S2/c1-7(11)9-5-10-4-3-8(9)6-14-15(2,12)13/h3-5H,6H2,1-2H3. The second-order valence-corrected chi connectivity index (χ2v) is 7.51. The van der Waals surface area contributed by atoms with Gasteiger partial charge in [0.2, 0.25) is 0 Å². The van der Waals surface area contributed by atoms with Gasteiger partial charge in [0.1, 0.15) is 0 Å². The fraction of sp³-hybridized carbons (Fsp3) is 0.333. The Kier molecular flexibility index (Phi) is 3.87. The Morgan fingerprint density at radius 2 is 2.20 bits per heavy atom. The quantitative estimate of drug-likeness (QED) is 0.594. The maximum Gasteiger partial charge on any atom is 0.199 e. The average Bonchev–Trinajstić information content (AvgIpc) is 2.14. The summed E-state index contributed by atoms with van der Waals surface area (Å²) in [6.45, 7) is 1.44. The second kappa shape index (κ2) is 4.76. The molecule has 0 saturated carbocycles. The molecule has 0 amide bonds. The highest BCUT2D eigenvalue weighted by Crippen LogP contribution is 2.20. The first-order chi connectivity index (χ1) is 6.90. The van der Waals surface area contributed by atoms with Crippen LogP contribution >= 0.6 is 10.8 Å². The van der Waals surface area contributed by atoms with E-state index in [9.17, 15) is 13.2 Å². The minimum absolute atomic E-state index is 0.104. The third-order valence-electron chi connectivity index (χ3n) is 1.72. The summed E-state index contributed by atoms with van der Waals surface area (Å²) in [5, 5.41) is 0. The zero-order chi connectivity index (χ0) is 11.5. The number of hydrogen-bond donors (Lipinski definition) is 0. The molecule has 1 heterocycles. The molecule has 0 aliphatic rings. The van der Waals surface area contributed by atoms with Crippen LogP contribution in [0.15, 0.2) is 18.5 Å². The van der Waals surface area contributed by atoms with Crippen LogP contribution < -0.4 is 0 Å². The lowest BCUT2D eigenvalue weighted by molar-refractivity contribution is 0.101. The van der Waals surface area contributed by atoms with E-state index in [0.717, 1.165) is 17.0 Å². The van der Waals surface area contributed by atoms with Gasteiger partial charge in [-0.2, -0.15) is 0 Å². The number of Topliss-reactive ketones (excluding diaryl/α,β-unsaturated/α-hetero) is 1. The van der Waals surface area contributed by atoms with E-state index in [4.69, 9.17) is 0 Å². The number of ketones is 1. The van der Waals surface area contributed by atoms with Crippen LogP contribution in [0.1, 0.15) is 22.8 Å². The Hall–Kier alpha value is -0.880. The lowest BCUT2D eigenvalue weighted by Crippen LogP contribution is -2.00. The molecule has 0 aliphatic heterocycles. The Morgan fingerprint density at radius 3 is 2.73 bits per heavy atom. The van der Waals surface area contributed by atoms with E-state index in [1.807, 2.05) is 0 Å². The van der Waals surface area contributed by atoms with Crippen LogP contribution in [0.3, 0.4) is 0 Å². The van der Waals surface area contributed by atoms with Crippen LogP contribution in [-0.4, -0.2) is 25.4 Å². The van der Waals surface area contributed by atoms with E-state index in [-0.39, 0.29) is 11.5 Å². The highest BCUT2D eigenvalue weighted by atomic mass is 33.1. The van der Waals surface area contributed by atoms with Gasteiger partial charge in [0.15, 0.2) is 14.7 Å². The summed E-state index contributed by atoms with van der Waals surface area (Å²) in [6, 6.07) is 1.66. The van der Waals surface area contributed by atoms with Gasteiger partial charge in [-0.25, -0.2) is 8.42 Å². The van der Waals surface area contributed by atoms with E-state index >= 15 is 0 Å². The molecular weight excluding hydrogens is 234 g/mol. The van der Waals surface area contributed by atoms with Gasteiger partial charge in [-0.05, 0) is 29.3 Å². The molecule has 82 valence electrons. The predicted molar refractivity (Wildman–Crippen MR) is 60.4 cm³/mol. The number of carbonyl (C=O) groups excluding carboxylic acids is 1. The van der Waals surface area contributed by atoms with E-state index < -0.39 is 8.87 Å². The van der Waals surface area contributed by atoms with Crippen molar-refractivity contribution in [2.75, 3.05) is 6.26 Å². The monoisotopic (exact) mass is 245 g/mol. The van der Waals surface area contributed by atoms with Gasteiger partial charge in [0.05, 0.1) is 0 Å². The van der Waals surface area contributed by atoms with Crippen molar-refractivity contribution in [2.24, 2.45) is 0 Å². The maximum atomic E-state index is 11.2. The third kappa shape index (κ3) is 4.01. The summed E-state index contributed by atoms with van der Waals surface area (Å²) < 4.78 is 21.9. The molecule has 0 aliphatic carbocycles. The lowest BCUT2D eigenvalue weighted by Gasteiger charge is -2.04. The largest absolute Gasteiger partial charge is 0.294 e. The molecule has 0 atom stereocenters. The van der Waals surface area contributed by atoms with Gasteiger partial charge in [0, 0.05) is 30.0 Å². The first-order valence-corrected chi connectivity index (χ1v) is 7.58. The van der Waals surface area contributed by atoms with Gasteiger partial charge in [0.25, 0.3) is 0 Å². The van der Waals surface area contributed by atoms with E-state index in [1.165, 1.54) is 13.1 Å². The van der Waals surface area contributed by atoms with Crippen molar-refractivity contribution < 1.29 is 13.2 Å². The molecule has 0 spiro atoms. The Balaban J connectivity index is 2.90. The van der Waals surface area contributed by atoms with Crippen molar-refractivity contribution in [2.45, 2.75) is 12.7 Å². The van der Waals surface area contributed by atoms with Crippen molar-refractivity contribution in [3.8, 4) is 0 Å². The molecule has 0 radical (unpaired) electrons. The lowest BCUT2D eigenvalue weighted by atomic mass is 10.1. The molecule has 1 aromatic rings. The molecule has 0 aromatic carbocycles. The molecular formula is C9H11NO3S2. The minimum Gasteiger partial charge on any atom is -0.294 e. The van der Waals surface area contributed by atoms with Gasteiger partial charge in [-0.1, -0.05) is 0 Å². The summed E-state index contributed by atoms with van der Waals surface area (Å²) in [6.07, 6.45) is 4.15. The first-order valence-electron chi connectivity index (χ1n) is 4.18. The Labute approximate surface area is 92.4 Å². The first kappa shape index (κ1) is 12.2. The summed E-state index contributed by atoms with van der Waals surface area (Å²) in [5.41, 5.74) is 1.18. The molecule has 6 heteroatoms. The molecule has 1 aromatic heterocycles.